The second-order valence-corrected chi connectivity index (χ2v) is 5.03. The molecular weight excluding hydrogens is 242 g/mol. The maximum Gasteiger partial charge on any atom is 0.250 e. The van der Waals surface area contributed by atoms with Crippen molar-refractivity contribution in [3.05, 3.63) is 35.9 Å². The monoisotopic (exact) mass is 261 g/mol. The van der Waals surface area contributed by atoms with Crippen LogP contribution >= 0.6 is 0 Å². The Morgan fingerprint density at radius 1 is 1.47 bits per heavy atom. The standard InChI is InChI=1S/C15H19NO3/c1-6-13(17)16(5)12-7-10(2)14(11(3)8-12)19-15(4)9-18-15/h6-8H,1,9H2,2-5H3. The van der Waals surface area contributed by atoms with Gasteiger partial charge in [0, 0.05) is 19.7 Å². The van der Waals surface area contributed by atoms with Gasteiger partial charge in [-0.1, -0.05) is 6.58 Å². The number of carbonyl (C=O) groups is 1. The number of rotatable bonds is 4. The van der Waals surface area contributed by atoms with Gasteiger partial charge in [0.05, 0.1) is 0 Å². The molecule has 0 bridgehead atoms. The highest BCUT2D eigenvalue weighted by Gasteiger charge is 2.42. The number of likely N-dealkylation sites (N-methyl/N-ethyl adjacent to an activating group) is 1. The lowest BCUT2D eigenvalue weighted by Crippen LogP contribution is -2.24. The molecule has 1 fully saturated rings. The van der Waals surface area contributed by atoms with E-state index < -0.39 is 5.79 Å². The van der Waals surface area contributed by atoms with E-state index in [-0.39, 0.29) is 5.91 Å². The van der Waals surface area contributed by atoms with Crippen molar-refractivity contribution in [2.45, 2.75) is 26.6 Å². The maximum atomic E-state index is 11.6. The van der Waals surface area contributed by atoms with Crippen LogP contribution < -0.4 is 9.64 Å². The average Bonchev–Trinajstić information content (AvgIpc) is 3.10. The highest BCUT2D eigenvalue weighted by atomic mass is 16.8. The third kappa shape index (κ3) is 2.79. The summed E-state index contributed by atoms with van der Waals surface area (Å²) in [6.45, 7) is 9.94. The molecule has 0 saturated carbocycles. The summed E-state index contributed by atoms with van der Waals surface area (Å²) < 4.78 is 11.1. The van der Waals surface area contributed by atoms with E-state index in [4.69, 9.17) is 9.47 Å². The molecule has 0 radical (unpaired) electrons. The molecule has 0 N–H and O–H groups in total. The van der Waals surface area contributed by atoms with Crippen molar-refractivity contribution in [1.82, 2.24) is 0 Å². The molecule has 1 heterocycles. The van der Waals surface area contributed by atoms with E-state index in [9.17, 15) is 4.79 Å². The number of ether oxygens (including phenoxy) is 2. The number of aryl methyl sites for hydroxylation is 2. The van der Waals surface area contributed by atoms with Crippen molar-refractivity contribution in [3.8, 4) is 5.75 Å². The highest BCUT2D eigenvalue weighted by molar-refractivity contribution is 6.00. The minimum absolute atomic E-state index is 0.134. The second-order valence-electron chi connectivity index (χ2n) is 5.03. The molecule has 0 aromatic heterocycles. The van der Waals surface area contributed by atoms with Crippen molar-refractivity contribution in [2.75, 3.05) is 18.6 Å². The molecule has 102 valence electrons. The van der Waals surface area contributed by atoms with Crippen molar-refractivity contribution in [1.29, 1.82) is 0 Å². The Morgan fingerprint density at radius 2 is 2.00 bits per heavy atom. The summed E-state index contributed by atoms with van der Waals surface area (Å²) in [5, 5.41) is 0. The Labute approximate surface area is 113 Å². The minimum atomic E-state index is -0.486. The van der Waals surface area contributed by atoms with Crippen LogP contribution in [0.15, 0.2) is 24.8 Å². The van der Waals surface area contributed by atoms with E-state index in [0.717, 1.165) is 22.6 Å². The van der Waals surface area contributed by atoms with Gasteiger partial charge in [0.2, 0.25) is 11.7 Å². The Bertz CT molecular complexity index is 509. The van der Waals surface area contributed by atoms with E-state index >= 15 is 0 Å². The van der Waals surface area contributed by atoms with Crippen molar-refractivity contribution in [2.24, 2.45) is 0 Å². The smallest absolute Gasteiger partial charge is 0.250 e. The summed E-state index contributed by atoms with van der Waals surface area (Å²) >= 11 is 0. The van der Waals surface area contributed by atoms with Gasteiger partial charge in [-0.25, -0.2) is 0 Å². The predicted octanol–water partition coefficient (Wildman–Crippen LogP) is 2.58. The Hall–Kier alpha value is -1.81. The third-order valence-corrected chi connectivity index (χ3v) is 3.21. The summed E-state index contributed by atoms with van der Waals surface area (Å²) in [5.74, 6) is 0.202. The zero-order valence-corrected chi connectivity index (χ0v) is 11.8. The van der Waals surface area contributed by atoms with E-state index in [1.807, 2.05) is 32.9 Å². The van der Waals surface area contributed by atoms with E-state index in [1.54, 1.807) is 11.9 Å². The first-order valence-corrected chi connectivity index (χ1v) is 6.20. The molecule has 1 atom stereocenters. The molecule has 0 spiro atoms. The molecule has 1 aliphatic rings. The van der Waals surface area contributed by atoms with E-state index in [2.05, 4.69) is 6.58 Å². The van der Waals surface area contributed by atoms with E-state index in [0.29, 0.717) is 6.61 Å². The van der Waals surface area contributed by atoms with Crippen LogP contribution in [0.2, 0.25) is 0 Å². The van der Waals surface area contributed by atoms with Gasteiger partial charge in [-0.15, -0.1) is 0 Å². The van der Waals surface area contributed by atoms with E-state index in [1.165, 1.54) is 6.08 Å². The average molecular weight is 261 g/mol. The third-order valence-electron chi connectivity index (χ3n) is 3.21. The topological polar surface area (TPSA) is 42.1 Å². The largest absolute Gasteiger partial charge is 0.460 e. The Balaban J connectivity index is 2.30. The molecule has 1 saturated heterocycles. The molecule has 2 rings (SSSR count). The van der Waals surface area contributed by atoms with Crippen molar-refractivity contribution >= 4 is 11.6 Å². The number of nitrogens with zero attached hydrogens (tertiary/aromatic N) is 1. The zero-order chi connectivity index (χ0) is 14.2. The van der Waals surface area contributed by atoms with Gasteiger partial charge in [-0.05, 0) is 43.2 Å². The number of anilines is 1. The molecule has 1 aliphatic heterocycles. The minimum Gasteiger partial charge on any atom is -0.460 e. The van der Waals surface area contributed by atoms with Gasteiger partial charge in [0.25, 0.3) is 0 Å². The zero-order valence-electron chi connectivity index (χ0n) is 11.8. The van der Waals surface area contributed by atoms with Gasteiger partial charge in [-0.2, -0.15) is 0 Å². The number of hydrogen-bond donors (Lipinski definition) is 0. The van der Waals surface area contributed by atoms with Crippen LogP contribution in [0.5, 0.6) is 5.75 Å². The molecule has 1 aromatic carbocycles. The Morgan fingerprint density at radius 3 is 2.42 bits per heavy atom. The molecule has 1 aromatic rings. The first-order valence-electron chi connectivity index (χ1n) is 6.20. The van der Waals surface area contributed by atoms with Gasteiger partial charge in [0.1, 0.15) is 12.4 Å². The summed E-state index contributed by atoms with van der Waals surface area (Å²) in [5.41, 5.74) is 2.79. The van der Waals surface area contributed by atoms with Crippen molar-refractivity contribution < 1.29 is 14.3 Å². The Kier molecular flexibility index (Phi) is 3.37. The maximum absolute atomic E-state index is 11.6. The first kappa shape index (κ1) is 13.6. The van der Waals surface area contributed by atoms with Gasteiger partial charge < -0.3 is 14.4 Å². The normalized spacial score (nSPS) is 20.8. The number of hydrogen-bond acceptors (Lipinski definition) is 3. The summed E-state index contributed by atoms with van der Waals surface area (Å²) in [7, 11) is 1.73. The van der Waals surface area contributed by atoms with Crippen LogP contribution in [-0.4, -0.2) is 25.3 Å². The SMILES string of the molecule is C=CC(=O)N(C)c1cc(C)c(OC2(C)CO2)c(C)c1. The van der Waals surface area contributed by atoms with Gasteiger partial charge >= 0.3 is 0 Å². The molecule has 1 unspecified atom stereocenters. The fourth-order valence-electron chi connectivity index (χ4n) is 1.92. The predicted molar refractivity (Wildman–Crippen MR) is 74.5 cm³/mol. The van der Waals surface area contributed by atoms with Crippen LogP contribution in [0.4, 0.5) is 5.69 Å². The second kappa shape index (κ2) is 4.70. The fourth-order valence-corrected chi connectivity index (χ4v) is 1.92. The molecule has 1 amide bonds. The first-order chi connectivity index (χ1) is 8.86. The molecule has 4 nitrogen and oxygen atoms in total. The number of carbonyl (C=O) groups excluding carboxylic acids is 1. The highest BCUT2D eigenvalue weighted by Crippen LogP contribution is 2.36. The van der Waals surface area contributed by atoms with Crippen LogP contribution in [0.25, 0.3) is 0 Å². The fraction of sp³-hybridized carbons (Fsp3) is 0.400. The quantitative estimate of drug-likeness (QED) is 0.618. The lowest BCUT2D eigenvalue weighted by Gasteiger charge is -2.20. The lowest BCUT2D eigenvalue weighted by molar-refractivity contribution is -0.113. The van der Waals surface area contributed by atoms with Crippen LogP contribution in [-0.2, 0) is 9.53 Å². The number of epoxide rings is 1. The molecular formula is C15H19NO3. The molecule has 0 aliphatic carbocycles. The summed E-state index contributed by atoms with van der Waals surface area (Å²) in [6.07, 6.45) is 1.30. The van der Waals surface area contributed by atoms with Crippen LogP contribution in [0.3, 0.4) is 0 Å². The number of benzene rings is 1. The molecule has 4 heteroatoms. The van der Waals surface area contributed by atoms with Gasteiger partial charge in [-0.3, -0.25) is 4.79 Å². The van der Waals surface area contributed by atoms with Gasteiger partial charge in [0.15, 0.2) is 0 Å². The lowest BCUT2D eigenvalue weighted by atomic mass is 10.1. The van der Waals surface area contributed by atoms with Crippen LogP contribution in [0.1, 0.15) is 18.1 Å². The van der Waals surface area contributed by atoms with Crippen molar-refractivity contribution in [3.63, 3.8) is 0 Å². The molecule has 19 heavy (non-hydrogen) atoms. The summed E-state index contributed by atoms with van der Waals surface area (Å²) in [6, 6.07) is 3.85. The summed E-state index contributed by atoms with van der Waals surface area (Å²) in [4.78, 5) is 13.2. The van der Waals surface area contributed by atoms with Crippen LogP contribution in [0, 0.1) is 13.8 Å². The number of amides is 1.